The minimum absolute atomic E-state index is 0.193. The van der Waals surface area contributed by atoms with E-state index in [1.165, 1.54) is 11.1 Å². The molecule has 0 radical (unpaired) electrons. The highest BCUT2D eigenvalue weighted by Gasteiger charge is 2.44. The molecular weight excluding hydrogens is 462 g/mol. The molecule has 0 bridgehead atoms. The van der Waals surface area contributed by atoms with Crippen molar-refractivity contribution in [1.29, 1.82) is 0 Å². The second kappa shape index (κ2) is 9.87. The molecule has 1 unspecified atom stereocenters. The van der Waals surface area contributed by atoms with E-state index in [9.17, 15) is 15.0 Å². The van der Waals surface area contributed by atoms with Gasteiger partial charge < -0.3 is 19.8 Å². The Hall–Kier alpha value is -2.50. The van der Waals surface area contributed by atoms with E-state index < -0.39 is 5.97 Å². The van der Waals surface area contributed by atoms with Crippen molar-refractivity contribution < 1.29 is 19.7 Å². The Morgan fingerprint density at radius 2 is 2.14 bits per heavy atom. The van der Waals surface area contributed by atoms with Crippen molar-refractivity contribution in [1.82, 2.24) is 0 Å². The molecule has 1 saturated carbocycles. The van der Waals surface area contributed by atoms with Crippen LogP contribution in [-0.4, -0.2) is 42.0 Å². The lowest BCUT2D eigenvalue weighted by Gasteiger charge is -2.45. The number of anilines is 1. The molecule has 0 aromatic heterocycles. The van der Waals surface area contributed by atoms with E-state index in [0.29, 0.717) is 12.5 Å². The molecule has 35 heavy (non-hydrogen) atoms. The number of ether oxygens (including phenoxy) is 1. The van der Waals surface area contributed by atoms with Gasteiger partial charge in [0.2, 0.25) is 0 Å². The van der Waals surface area contributed by atoms with E-state index in [-0.39, 0.29) is 23.0 Å². The SMILES string of the molecule is C=CCCC(O)[C@@H]1CC[C@H]1CN1C[C@@]2(CCCc3cc(Cl)ccc32)COc2ccc(C(=O)O)cc21. The van der Waals surface area contributed by atoms with Gasteiger partial charge in [-0.1, -0.05) is 23.7 Å². The molecule has 4 atom stereocenters. The van der Waals surface area contributed by atoms with Crippen LogP contribution in [0.15, 0.2) is 49.1 Å². The fraction of sp³-hybridized carbons (Fsp3) is 0.483. The van der Waals surface area contributed by atoms with Crippen molar-refractivity contribution in [2.75, 3.05) is 24.6 Å². The molecule has 186 valence electrons. The number of allylic oxidation sites excluding steroid dienone is 1. The summed E-state index contributed by atoms with van der Waals surface area (Å²) in [6.45, 7) is 5.87. The number of carbonyl (C=O) groups is 1. The molecule has 6 heteroatoms. The number of hydrogen-bond acceptors (Lipinski definition) is 4. The number of hydrogen-bond donors (Lipinski definition) is 2. The topological polar surface area (TPSA) is 70.0 Å². The number of aliphatic hydroxyl groups excluding tert-OH is 1. The lowest BCUT2D eigenvalue weighted by Crippen LogP contribution is -2.49. The standard InChI is InChI=1S/C29H34ClNO4/c1-2-3-6-26(32)23-10-7-21(23)16-31-17-29(13-4-5-19-14-22(30)9-11-24(19)29)18-35-27-12-8-20(28(33)34)15-25(27)31/h2,8-9,11-12,14-15,21,23,26,32H,1,3-7,10,13,16-18H2,(H,33,34)/t21-,23+,26?,29-/m0/s1. The third-order valence-corrected chi connectivity index (χ3v) is 8.61. The van der Waals surface area contributed by atoms with Crippen LogP contribution in [0, 0.1) is 11.8 Å². The monoisotopic (exact) mass is 495 g/mol. The fourth-order valence-electron chi connectivity index (χ4n) is 6.36. The van der Waals surface area contributed by atoms with E-state index in [4.69, 9.17) is 16.3 Å². The smallest absolute Gasteiger partial charge is 0.335 e. The second-order valence-electron chi connectivity index (χ2n) is 10.5. The summed E-state index contributed by atoms with van der Waals surface area (Å²) in [6.07, 6.45) is 8.27. The lowest BCUT2D eigenvalue weighted by atomic mass is 9.68. The molecule has 5 nitrogen and oxygen atoms in total. The van der Waals surface area contributed by atoms with Gasteiger partial charge in [-0.05, 0) is 98.2 Å². The first-order valence-electron chi connectivity index (χ1n) is 12.7. The molecular formula is C29H34ClNO4. The number of benzene rings is 2. The quantitative estimate of drug-likeness (QED) is 0.470. The molecule has 1 fully saturated rings. The summed E-state index contributed by atoms with van der Waals surface area (Å²) in [5.41, 5.74) is 3.49. The number of halogens is 1. The number of fused-ring (bicyclic) bond motifs is 3. The van der Waals surface area contributed by atoms with E-state index in [1.54, 1.807) is 18.2 Å². The average Bonchev–Trinajstić information content (AvgIpc) is 2.97. The average molecular weight is 496 g/mol. The molecule has 0 saturated heterocycles. The highest BCUT2D eigenvalue weighted by Crippen LogP contribution is 2.46. The van der Waals surface area contributed by atoms with Crippen molar-refractivity contribution in [3.8, 4) is 5.75 Å². The van der Waals surface area contributed by atoms with E-state index in [1.807, 2.05) is 12.1 Å². The van der Waals surface area contributed by atoms with Gasteiger partial charge >= 0.3 is 5.97 Å². The van der Waals surface area contributed by atoms with E-state index >= 15 is 0 Å². The fourth-order valence-corrected chi connectivity index (χ4v) is 6.56. The largest absolute Gasteiger partial charge is 0.490 e. The highest BCUT2D eigenvalue weighted by molar-refractivity contribution is 6.30. The molecule has 5 rings (SSSR count). The number of carboxylic acid groups (broad SMARTS) is 1. The highest BCUT2D eigenvalue weighted by atomic mass is 35.5. The van der Waals surface area contributed by atoms with Gasteiger partial charge in [0.15, 0.2) is 0 Å². The Morgan fingerprint density at radius 3 is 2.89 bits per heavy atom. The minimum Gasteiger partial charge on any atom is -0.490 e. The molecule has 2 aliphatic carbocycles. The zero-order valence-electron chi connectivity index (χ0n) is 20.1. The van der Waals surface area contributed by atoms with Crippen LogP contribution < -0.4 is 9.64 Å². The van der Waals surface area contributed by atoms with Crippen LogP contribution in [0.25, 0.3) is 0 Å². The van der Waals surface area contributed by atoms with Crippen molar-refractivity contribution in [2.24, 2.45) is 11.8 Å². The molecule has 3 aliphatic rings. The summed E-state index contributed by atoms with van der Waals surface area (Å²) in [5.74, 6) is 0.417. The Bertz CT molecular complexity index is 1120. The maximum absolute atomic E-state index is 11.8. The van der Waals surface area contributed by atoms with Gasteiger partial charge in [0.05, 0.1) is 24.0 Å². The molecule has 1 aliphatic heterocycles. The van der Waals surface area contributed by atoms with Crippen LogP contribution in [0.4, 0.5) is 5.69 Å². The maximum Gasteiger partial charge on any atom is 0.335 e. The predicted octanol–water partition coefficient (Wildman–Crippen LogP) is 5.86. The molecule has 2 N–H and O–H groups in total. The number of aliphatic hydroxyl groups is 1. The Balaban J connectivity index is 1.50. The molecule has 2 aromatic rings. The summed E-state index contributed by atoms with van der Waals surface area (Å²) < 4.78 is 6.43. The van der Waals surface area contributed by atoms with Crippen LogP contribution >= 0.6 is 11.6 Å². The first kappa shape index (κ1) is 24.2. The summed E-state index contributed by atoms with van der Waals surface area (Å²) in [4.78, 5) is 14.1. The van der Waals surface area contributed by atoms with Crippen LogP contribution in [0.3, 0.4) is 0 Å². The van der Waals surface area contributed by atoms with Gasteiger partial charge in [0, 0.05) is 23.5 Å². The van der Waals surface area contributed by atoms with Crippen molar-refractivity contribution in [2.45, 2.75) is 56.5 Å². The minimum atomic E-state index is -0.939. The normalized spacial score (nSPS) is 26.1. The van der Waals surface area contributed by atoms with Gasteiger partial charge in [-0.15, -0.1) is 6.58 Å². The van der Waals surface area contributed by atoms with Crippen LogP contribution in [0.5, 0.6) is 5.75 Å². The van der Waals surface area contributed by atoms with Crippen molar-refractivity contribution in [3.05, 3.63) is 70.8 Å². The predicted molar refractivity (Wildman–Crippen MR) is 139 cm³/mol. The number of aromatic carboxylic acids is 1. The third kappa shape index (κ3) is 4.68. The Kier molecular flexibility index (Phi) is 6.82. The van der Waals surface area contributed by atoms with Crippen LogP contribution in [0.1, 0.15) is 60.0 Å². The Morgan fingerprint density at radius 1 is 1.29 bits per heavy atom. The summed E-state index contributed by atoms with van der Waals surface area (Å²) in [5, 5.41) is 21.2. The molecule has 2 aromatic carbocycles. The summed E-state index contributed by atoms with van der Waals surface area (Å²) >= 11 is 6.33. The lowest BCUT2D eigenvalue weighted by molar-refractivity contribution is 0.0112. The molecule has 0 amide bonds. The van der Waals surface area contributed by atoms with Crippen LogP contribution in [0.2, 0.25) is 5.02 Å². The van der Waals surface area contributed by atoms with Gasteiger partial charge in [0.25, 0.3) is 0 Å². The first-order valence-corrected chi connectivity index (χ1v) is 13.1. The third-order valence-electron chi connectivity index (χ3n) is 8.38. The summed E-state index contributed by atoms with van der Waals surface area (Å²) in [7, 11) is 0. The zero-order valence-corrected chi connectivity index (χ0v) is 20.8. The van der Waals surface area contributed by atoms with E-state index in [2.05, 4.69) is 23.6 Å². The van der Waals surface area contributed by atoms with Gasteiger partial charge in [-0.2, -0.15) is 0 Å². The van der Waals surface area contributed by atoms with Crippen molar-refractivity contribution >= 4 is 23.3 Å². The molecule has 1 spiro atoms. The van der Waals surface area contributed by atoms with Gasteiger partial charge in [-0.3, -0.25) is 0 Å². The second-order valence-corrected chi connectivity index (χ2v) is 11.0. The van der Waals surface area contributed by atoms with Crippen molar-refractivity contribution in [3.63, 3.8) is 0 Å². The van der Waals surface area contributed by atoms with E-state index in [0.717, 1.165) is 74.5 Å². The van der Waals surface area contributed by atoms with Crippen LogP contribution in [-0.2, 0) is 11.8 Å². The number of aryl methyl sites for hydroxylation is 1. The first-order chi connectivity index (χ1) is 16.9. The summed E-state index contributed by atoms with van der Waals surface area (Å²) in [6, 6.07) is 11.4. The maximum atomic E-state index is 11.8. The van der Waals surface area contributed by atoms with Gasteiger partial charge in [0.1, 0.15) is 5.75 Å². The number of rotatable bonds is 7. The number of carboxylic acids is 1. The zero-order chi connectivity index (χ0) is 24.6. The van der Waals surface area contributed by atoms with Gasteiger partial charge in [-0.25, -0.2) is 4.79 Å². The Labute approximate surface area is 212 Å². The number of nitrogens with zero attached hydrogens (tertiary/aromatic N) is 1. The molecule has 1 heterocycles.